The fourth-order valence-corrected chi connectivity index (χ4v) is 13.8. The Bertz CT molecular complexity index is 511. The second kappa shape index (κ2) is 5.87. The van der Waals surface area contributed by atoms with Gasteiger partial charge >= 0.3 is 0 Å². The first-order chi connectivity index (χ1) is 9.45. The summed E-state index contributed by atoms with van der Waals surface area (Å²) in [6, 6.07) is 5.30. The Hall–Kier alpha value is 0.0875. The molecule has 0 N–H and O–H groups in total. The summed E-state index contributed by atoms with van der Waals surface area (Å²) in [6.45, 7) is 30.3. The zero-order valence-corrected chi connectivity index (χ0v) is 21.2. The third-order valence-electron chi connectivity index (χ3n) is 4.37. The molecule has 0 aliphatic rings. The summed E-state index contributed by atoms with van der Waals surface area (Å²) in [4.78, 5) is 0. The second-order valence-corrected chi connectivity index (χ2v) is 31.1. The fourth-order valence-electron chi connectivity index (χ4n) is 3.07. The van der Waals surface area contributed by atoms with Crippen molar-refractivity contribution in [2.45, 2.75) is 78.6 Å². The zero-order valence-electron chi connectivity index (χ0n) is 17.2. The van der Waals surface area contributed by atoms with E-state index in [-0.39, 0.29) is 0 Å². The van der Waals surface area contributed by atoms with Gasteiger partial charge in [0.25, 0.3) is 0 Å². The van der Waals surface area contributed by atoms with Gasteiger partial charge in [0, 0.05) is 0 Å². The Morgan fingerprint density at radius 3 is 0.955 bits per heavy atom. The maximum Gasteiger partial charge on any atom is 0.0775 e. The van der Waals surface area contributed by atoms with Crippen LogP contribution in [0.4, 0.5) is 0 Å². The van der Waals surface area contributed by atoms with E-state index in [9.17, 15) is 0 Å². The van der Waals surface area contributed by atoms with Crippen molar-refractivity contribution in [3.8, 4) is 0 Å². The minimum absolute atomic E-state index is 1.28. The summed E-state index contributed by atoms with van der Waals surface area (Å²) in [5, 5.41) is 7.07. The van der Waals surface area contributed by atoms with E-state index in [0.29, 0.717) is 0 Å². The molecule has 0 nitrogen and oxygen atoms in total. The molecule has 0 unspecified atom stereocenters. The molecule has 0 bridgehead atoms. The smallest absolute Gasteiger partial charge is 0.0656 e. The largest absolute Gasteiger partial charge is 0.0775 e. The van der Waals surface area contributed by atoms with Gasteiger partial charge in [-0.3, -0.25) is 0 Å². The molecule has 1 aromatic carbocycles. The predicted molar refractivity (Wildman–Crippen MR) is 118 cm³/mol. The maximum atomic E-state index is 2.65. The molecule has 0 amide bonds. The summed E-state index contributed by atoms with van der Waals surface area (Å²) in [7, 11) is -5.27. The van der Waals surface area contributed by atoms with E-state index < -0.39 is 32.3 Å². The summed E-state index contributed by atoms with van der Waals surface area (Å²) in [5.41, 5.74) is 0. The first-order valence-corrected chi connectivity index (χ1v) is 22.7. The quantitative estimate of drug-likeness (QED) is 0.710. The normalized spacial score (nSPS) is 14.4. The first kappa shape index (κ1) is 20.1. The van der Waals surface area contributed by atoms with Crippen LogP contribution in [0.15, 0.2) is 12.1 Å². The molecule has 1 rings (SSSR count). The SMILES string of the molecule is C[Si](C)(C)c1cc([Si](C)(C)C)c([Si](C)(C)C)c([Si](C)(C)C)c1. The molecule has 1 aromatic rings. The lowest BCUT2D eigenvalue weighted by atomic mass is 10.3. The van der Waals surface area contributed by atoms with Crippen molar-refractivity contribution in [1.82, 2.24) is 0 Å². The zero-order chi connectivity index (χ0) is 17.7. The third kappa shape index (κ3) is 4.55. The Kier molecular flexibility index (Phi) is 5.37. The van der Waals surface area contributed by atoms with Gasteiger partial charge in [-0.1, -0.05) is 111 Å². The van der Waals surface area contributed by atoms with Gasteiger partial charge in [0.05, 0.1) is 32.3 Å². The monoisotopic (exact) mass is 366 g/mol. The highest BCUT2D eigenvalue weighted by molar-refractivity contribution is 7.04. The molecular weight excluding hydrogens is 329 g/mol. The van der Waals surface area contributed by atoms with E-state index in [1.807, 2.05) is 5.19 Å². The van der Waals surface area contributed by atoms with Crippen molar-refractivity contribution in [3.63, 3.8) is 0 Å². The van der Waals surface area contributed by atoms with Crippen LogP contribution in [-0.2, 0) is 0 Å². The van der Waals surface area contributed by atoms with Crippen LogP contribution in [0, 0.1) is 0 Å². The topological polar surface area (TPSA) is 0 Å². The molecule has 0 fully saturated rings. The van der Waals surface area contributed by atoms with Crippen LogP contribution >= 0.6 is 0 Å². The standard InChI is InChI=1S/C18H38Si4/c1-19(2,3)15-13-16(20(4,5)6)18(22(10,11)12)17(14-15)21(7,8)9/h13-14H,1-12H3. The van der Waals surface area contributed by atoms with Gasteiger partial charge in [-0.05, 0) is 0 Å². The third-order valence-corrected chi connectivity index (χ3v) is 13.0. The van der Waals surface area contributed by atoms with Crippen molar-refractivity contribution < 1.29 is 0 Å². The lowest BCUT2D eigenvalue weighted by Crippen LogP contribution is -2.68. The lowest BCUT2D eigenvalue weighted by Gasteiger charge is -2.36. The van der Waals surface area contributed by atoms with Crippen LogP contribution in [0.1, 0.15) is 0 Å². The Morgan fingerprint density at radius 2 is 0.773 bits per heavy atom. The molecule has 0 saturated heterocycles. The van der Waals surface area contributed by atoms with Gasteiger partial charge < -0.3 is 0 Å². The predicted octanol–water partition coefficient (Wildman–Crippen LogP) is 3.87. The fraction of sp³-hybridized carbons (Fsp3) is 0.667. The molecular formula is C18H38Si4. The van der Waals surface area contributed by atoms with Crippen molar-refractivity contribution in [2.24, 2.45) is 0 Å². The van der Waals surface area contributed by atoms with Crippen molar-refractivity contribution >= 4 is 53.0 Å². The van der Waals surface area contributed by atoms with Crippen LogP contribution in [-0.4, -0.2) is 32.3 Å². The van der Waals surface area contributed by atoms with Crippen LogP contribution in [0.3, 0.4) is 0 Å². The lowest BCUT2D eigenvalue weighted by molar-refractivity contribution is 1.65. The van der Waals surface area contributed by atoms with Crippen LogP contribution in [0.2, 0.25) is 78.6 Å². The molecule has 0 spiro atoms. The van der Waals surface area contributed by atoms with E-state index in [4.69, 9.17) is 0 Å². The molecule has 22 heavy (non-hydrogen) atoms. The van der Waals surface area contributed by atoms with Gasteiger partial charge in [-0.15, -0.1) is 0 Å². The number of hydrogen-bond acceptors (Lipinski definition) is 0. The van der Waals surface area contributed by atoms with Crippen LogP contribution < -0.4 is 20.7 Å². The van der Waals surface area contributed by atoms with E-state index in [0.717, 1.165) is 0 Å². The molecule has 0 radical (unpaired) electrons. The summed E-state index contributed by atoms with van der Waals surface area (Å²) in [5.74, 6) is 0. The van der Waals surface area contributed by atoms with Gasteiger partial charge in [0.1, 0.15) is 0 Å². The first-order valence-electron chi connectivity index (χ1n) is 8.65. The van der Waals surface area contributed by atoms with Crippen LogP contribution in [0.5, 0.6) is 0 Å². The van der Waals surface area contributed by atoms with E-state index in [1.165, 1.54) is 0 Å². The average molecular weight is 367 g/mol. The highest BCUT2D eigenvalue weighted by atomic mass is 28.3. The summed E-state index contributed by atoms with van der Waals surface area (Å²) >= 11 is 0. The van der Waals surface area contributed by atoms with Crippen molar-refractivity contribution in [1.29, 1.82) is 0 Å². The Morgan fingerprint density at radius 1 is 0.455 bits per heavy atom. The maximum absolute atomic E-state index is 2.65. The van der Waals surface area contributed by atoms with Crippen molar-refractivity contribution in [3.05, 3.63) is 12.1 Å². The highest BCUT2D eigenvalue weighted by Crippen LogP contribution is 2.11. The molecule has 0 aromatic heterocycles. The number of hydrogen-bond donors (Lipinski definition) is 0. The number of benzene rings is 1. The Labute approximate surface area is 143 Å². The molecule has 0 saturated carbocycles. The second-order valence-electron chi connectivity index (χ2n) is 10.9. The molecule has 126 valence electrons. The summed E-state index contributed by atoms with van der Waals surface area (Å²) in [6.07, 6.45) is 0. The number of rotatable bonds is 4. The van der Waals surface area contributed by atoms with Crippen LogP contribution in [0.25, 0.3) is 0 Å². The highest BCUT2D eigenvalue weighted by Gasteiger charge is 2.35. The van der Waals surface area contributed by atoms with Gasteiger partial charge in [0.2, 0.25) is 0 Å². The minimum atomic E-state index is -1.34. The van der Waals surface area contributed by atoms with Gasteiger partial charge in [-0.25, -0.2) is 0 Å². The molecule has 4 heteroatoms. The van der Waals surface area contributed by atoms with E-state index >= 15 is 0 Å². The molecule has 0 aliphatic heterocycles. The average Bonchev–Trinajstić information content (AvgIpc) is 2.22. The molecule has 0 heterocycles. The van der Waals surface area contributed by atoms with Gasteiger partial charge in [0.15, 0.2) is 0 Å². The van der Waals surface area contributed by atoms with Gasteiger partial charge in [-0.2, -0.15) is 0 Å². The Balaban J connectivity index is 3.96. The summed E-state index contributed by atoms with van der Waals surface area (Å²) < 4.78 is 0. The van der Waals surface area contributed by atoms with Crippen molar-refractivity contribution in [2.75, 3.05) is 0 Å². The molecule has 0 aliphatic carbocycles. The molecule has 0 atom stereocenters. The van der Waals surface area contributed by atoms with E-state index in [2.05, 4.69) is 90.7 Å². The van der Waals surface area contributed by atoms with E-state index in [1.54, 1.807) is 15.6 Å². The minimum Gasteiger partial charge on any atom is -0.0656 e.